The Balaban J connectivity index is 2.10. The van der Waals surface area contributed by atoms with E-state index in [1.54, 1.807) is 48.4 Å². The number of aromatic nitrogens is 2. The Bertz CT molecular complexity index is 761. The summed E-state index contributed by atoms with van der Waals surface area (Å²) < 4.78 is 1.63. The van der Waals surface area contributed by atoms with Crippen LogP contribution in [0.15, 0.2) is 36.7 Å². The van der Waals surface area contributed by atoms with Gasteiger partial charge in [0.05, 0.1) is 22.3 Å². The van der Waals surface area contributed by atoms with Gasteiger partial charge in [-0.25, -0.2) is 0 Å². The summed E-state index contributed by atoms with van der Waals surface area (Å²) in [6, 6.07) is 6.05. The third-order valence-corrected chi connectivity index (χ3v) is 3.69. The molecule has 112 valence electrons. The van der Waals surface area contributed by atoms with Crippen LogP contribution in [0.1, 0.15) is 17.2 Å². The lowest BCUT2D eigenvalue weighted by atomic mass is 10.1. The molecule has 1 N–H and O–H groups in total. The van der Waals surface area contributed by atoms with E-state index in [1.807, 2.05) is 6.07 Å². The van der Waals surface area contributed by atoms with Crippen LogP contribution in [0.3, 0.4) is 0 Å². The summed E-state index contributed by atoms with van der Waals surface area (Å²) in [6.45, 7) is 0. The fraction of sp³-hybridized carbons (Fsp3) is 0.133. The van der Waals surface area contributed by atoms with Crippen molar-refractivity contribution in [2.45, 2.75) is 6.04 Å². The van der Waals surface area contributed by atoms with Gasteiger partial charge in [0.15, 0.2) is 0 Å². The summed E-state index contributed by atoms with van der Waals surface area (Å²) in [6.07, 6.45) is 6.33. The molecule has 0 aliphatic carbocycles. The normalized spacial score (nSPS) is 12.1. The third kappa shape index (κ3) is 3.88. The number of rotatable bonds is 4. The number of hydrogen-bond donors (Lipinski definition) is 1. The fourth-order valence-electron chi connectivity index (χ4n) is 1.81. The van der Waals surface area contributed by atoms with Crippen LogP contribution in [0.2, 0.25) is 10.0 Å². The molecule has 0 saturated heterocycles. The van der Waals surface area contributed by atoms with Crippen molar-refractivity contribution in [1.82, 2.24) is 15.1 Å². The second-order valence-corrected chi connectivity index (χ2v) is 5.28. The zero-order chi connectivity index (χ0) is 16.1. The fourth-order valence-corrected chi connectivity index (χ4v) is 2.23. The van der Waals surface area contributed by atoms with Gasteiger partial charge in [-0.3, -0.25) is 9.48 Å². The van der Waals surface area contributed by atoms with Crippen molar-refractivity contribution in [3.05, 3.63) is 57.8 Å². The summed E-state index contributed by atoms with van der Waals surface area (Å²) in [5.74, 6) is -0.411. The summed E-state index contributed by atoms with van der Waals surface area (Å²) in [7, 11) is 1.78. The lowest BCUT2D eigenvalue weighted by Crippen LogP contribution is -2.26. The number of carbonyl (C=O) groups excluding carboxylic acids is 1. The summed E-state index contributed by atoms with van der Waals surface area (Å²) in [5, 5.41) is 16.4. The quantitative estimate of drug-likeness (QED) is 0.873. The molecule has 0 aliphatic rings. The number of nitrogens with one attached hydrogen (secondary N) is 1. The minimum absolute atomic E-state index is 0.257. The zero-order valence-electron chi connectivity index (χ0n) is 11.6. The van der Waals surface area contributed by atoms with Crippen LogP contribution in [0, 0.1) is 11.3 Å². The number of halogens is 2. The standard InChI is InChI=1S/C15H12Cl2N4O/c1-21-9-10(8-19-21)5-6-14(22)20-13(7-18)11-3-2-4-12(16)15(11)17/h2-6,8-9,13H,1H3,(H,20,22)/b6-5+/t13-/m0/s1. The predicted octanol–water partition coefficient (Wildman–Crippen LogP) is 3.12. The average Bonchev–Trinajstić information content (AvgIpc) is 2.91. The third-order valence-electron chi connectivity index (χ3n) is 2.86. The Morgan fingerprint density at radius 1 is 1.50 bits per heavy atom. The number of amides is 1. The van der Waals surface area contributed by atoms with E-state index in [4.69, 9.17) is 23.2 Å². The molecule has 0 spiro atoms. The Morgan fingerprint density at radius 2 is 2.27 bits per heavy atom. The molecule has 2 aromatic rings. The predicted molar refractivity (Wildman–Crippen MR) is 85.2 cm³/mol. The highest BCUT2D eigenvalue weighted by Crippen LogP contribution is 2.29. The van der Waals surface area contributed by atoms with Crippen molar-refractivity contribution in [3.63, 3.8) is 0 Å². The Morgan fingerprint density at radius 3 is 2.91 bits per heavy atom. The van der Waals surface area contributed by atoms with Crippen molar-refractivity contribution in [2.75, 3.05) is 0 Å². The molecule has 1 aromatic carbocycles. The Labute approximate surface area is 137 Å². The van der Waals surface area contributed by atoms with Gasteiger partial charge in [-0.2, -0.15) is 10.4 Å². The van der Waals surface area contributed by atoms with Crippen molar-refractivity contribution in [3.8, 4) is 6.07 Å². The topological polar surface area (TPSA) is 70.7 Å². The molecule has 7 heteroatoms. The lowest BCUT2D eigenvalue weighted by molar-refractivity contribution is -0.116. The molecule has 0 fully saturated rings. The first-order valence-corrected chi connectivity index (χ1v) is 7.07. The van der Waals surface area contributed by atoms with E-state index in [2.05, 4.69) is 10.4 Å². The van der Waals surface area contributed by atoms with Crippen LogP contribution in [-0.2, 0) is 11.8 Å². The second-order valence-electron chi connectivity index (χ2n) is 4.49. The molecule has 0 radical (unpaired) electrons. The number of aryl methyl sites for hydroxylation is 1. The molecule has 1 aromatic heterocycles. The second kappa shape index (κ2) is 7.12. The minimum atomic E-state index is -0.878. The summed E-state index contributed by atoms with van der Waals surface area (Å²) >= 11 is 12.0. The highest BCUT2D eigenvalue weighted by Gasteiger charge is 2.17. The molecule has 1 heterocycles. The van der Waals surface area contributed by atoms with E-state index < -0.39 is 11.9 Å². The molecule has 0 saturated carbocycles. The van der Waals surface area contributed by atoms with Crippen molar-refractivity contribution in [1.29, 1.82) is 5.26 Å². The molecular weight excluding hydrogens is 323 g/mol. The van der Waals surface area contributed by atoms with Gasteiger partial charge in [0.2, 0.25) is 5.91 Å². The van der Waals surface area contributed by atoms with Gasteiger partial charge in [0.25, 0.3) is 0 Å². The van der Waals surface area contributed by atoms with Gasteiger partial charge in [-0.05, 0) is 12.1 Å². The highest BCUT2D eigenvalue weighted by atomic mass is 35.5. The maximum absolute atomic E-state index is 11.9. The van der Waals surface area contributed by atoms with E-state index in [0.29, 0.717) is 10.6 Å². The smallest absolute Gasteiger partial charge is 0.245 e. The number of nitriles is 1. The average molecular weight is 335 g/mol. The summed E-state index contributed by atoms with van der Waals surface area (Å²) in [5.41, 5.74) is 1.24. The van der Waals surface area contributed by atoms with Crippen LogP contribution in [0.25, 0.3) is 6.08 Å². The molecule has 1 amide bonds. The first-order chi connectivity index (χ1) is 10.5. The van der Waals surface area contributed by atoms with Crippen molar-refractivity contribution in [2.24, 2.45) is 7.05 Å². The Hall–Kier alpha value is -2.29. The summed E-state index contributed by atoms with van der Waals surface area (Å²) in [4.78, 5) is 11.9. The van der Waals surface area contributed by atoms with Gasteiger partial charge < -0.3 is 5.32 Å². The van der Waals surface area contributed by atoms with Gasteiger partial charge in [0, 0.05) is 30.4 Å². The van der Waals surface area contributed by atoms with E-state index in [1.165, 1.54) is 6.08 Å². The Kier molecular flexibility index (Phi) is 5.21. The van der Waals surface area contributed by atoms with Crippen LogP contribution in [0.4, 0.5) is 0 Å². The minimum Gasteiger partial charge on any atom is -0.333 e. The molecule has 0 aliphatic heterocycles. The van der Waals surface area contributed by atoms with Crippen LogP contribution >= 0.6 is 23.2 Å². The SMILES string of the molecule is Cn1cc(/C=C/C(=O)N[C@@H](C#N)c2cccc(Cl)c2Cl)cn1. The van der Waals surface area contributed by atoms with Gasteiger partial charge in [-0.1, -0.05) is 35.3 Å². The van der Waals surface area contributed by atoms with E-state index >= 15 is 0 Å². The number of benzene rings is 1. The van der Waals surface area contributed by atoms with Crippen molar-refractivity contribution >= 4 is 35.2 Å². The van der Waals surface area contributed by atoms with Gasteiger partial charge in [-0.15, -0.1) is 0 Å². The van der Waals surface area contributed by atoms with Gasteiger partial charge >= 0.3 is 0 Å². The van der Waals surface area contributed by atoms with Gasteiger partial charge in [0.1, 0.15) is 6.04 Å². The molecule has 22 heavy (non-hydrogen) atoms. The molecule has 1 atom stereocenters. The largest absolute Gasteiger partial charge is 0.333 e. The first-order valence-electron chi connectivity index (χ1n) is 6.32. The number of carbonyl (C=O) groups is 1. The van der Waals surface area contributed by atoms with Crippen LogP contribution in [0.5, 0.6) is 0 Å². The molecular formula is C15H12Cl2N4O. The monoisotopic (exact) mass is 334 g/mol. The lowest BCUT2D eigenvalue weighted by Gasteiger charge is -2.12. The zero-order valence-corrected chi connectivity index (χ0v) is 13.1. The van der Waals surface area contributed by atoms with Crippen molar-refractivity contribution < 1.29 is 4.79 Å². The van der Waals surface area contributed by atoms with E-state index in [-0.39, 0.29) is 5.02 Å². The maximum atomic E-state index is 11.9. The molecule has 2 rings (SSSR count). The molecule has 0 unspecified atom stereocenters. The molecule has 5 nitrogen and oxygen atoms in total. The van der Waals surface area contributed by atoms with Crippen LogP contribution < -0.4 is 5.32 Å². The highest BCUT2D eigenvalue weighted by molar-refractivity contribution is 6.42. The van der Waals surface area contributed by atoms with E-state index in [0.717, 1.165) is 5.56 Å². The maximum Gasteiger partial charge on any atom is 0.245 e. The van der Waals surface area contributed by atoms with E-state index in [9.17, 15) is 10.1 Å². The number of nitrogens with zero attached hydrogens (tertiary/aromatic N) is 3. The first kappa shape index (κ1) is 16.1. The number of hydrogen-bond acceptors (Lipinski definition) is 3. The van der Waals surface area contributed by atoms with Crippen LogP contribution in [-0.4, -0.2) is 15.7 Å². The molecule has 0 bridgehead atoms.